The standard InChI is InChI=1S/C18H16BrN3O2/c1-11-12(2)21-17-15(20-11)9-8-14(16(17)19)22-18(23)24-10-13-6-4-3-5-7-13/h3-9H,10H2,1-2H3,(H,22,23). The molecule has 0 aliphatic carbocycles. The highest BCUT2D eigenvalue weighted by molar-refractivity contribution is 9.10. The third-order valence-corrected chi connectivity index (χ3v) is 4.44. The first-order valence-electron chi connectivity index (χ1n) is 7.46. The van der Waals surface area contributed by atoms with Crippen LogP contribution >= 0.6 is 15.9 Å². The molecule has 1 heterocycles. The Hall–Kier alpha value is -2.47. The number of hydrogen-bond donors (Lipinski definition) is 1. The maximum absolute atomic E-state index is 12.0. The number of nitrogens with one attached hydrogen (secondary N) is 1. The van der Waals surface area contributed by atoms with Crippen LogP contribution in [0.2, 0.25) is 0 Å². The van der Waals surface area contributed by atoms with Gasteiger partial charge in [0.15, 0.2) is 0 Å². The Morgan fingerprint density at radius 1 is 1.08 bits per heavy atom. The second kappa shape index (κ2) is 6.97. The number of benzene rings is 2. The molecule has 5 nitrogen and oxygen atoms in total. The van der Waals surface area contributed by atoms with Gasteiger partial charge in [-0.2, -0.15) is 0 Å². The number of nitrogens with zero attached hydrogens (tertiary/aromatic N) is 2. The topological polar surface area (TPSA) is 64.1 Å². The zero-order chi connectivity index (χ0) is 17.1. The van der Waals surface area contributed by atoms with E-state index in [0.29, 0.717) is 15.7 Å². The summed E-state index contributed by atoms with van der Waals surface area (Å²) in [4.78, 5) is 21.0. The maximum atomic E-state index is 12.0. The van der Waals surface area contributed by atoms with Crippen LogP contribution in [-0.2, 0) is 11.3 Å². The first kappa shape index (κ1) is 16.4. The minimum Gasteiger partial charge on any atom is -0.444 e. The predicted molar refractivity (Wildman–Crippen MR) is 97.0 cm³/mol. The molecule has 6 heteroatoms. The summed E-state index contributed by atoms with van der Waals surface area (Å²) < 4.78 is 5.92. The number of anilines is 1. The van der Waals surface area contributed by atoms with E-state index < -0.39 is 6.09 Å². The third-order valence-electron chi connectivity index (χ3n) is 3.64. The largest absolute Gasteiger partial charge is 0.444 e. The van der Waals surface area contributed by atoms with E-state index in [0.717, 1.165) is 22.5 Å². The van der Waals surface area contributed by atoms with Gasteiger partial charge in [-0.15, -0.1) is 0 Å². The van der Waals surface area contributed by atoms with Gasteiger partial charge in [0.2, 0.25) is 0 Å². The lowest BCUT2D eigenvalue weighted by atomic mass is 10.2. The number of aryl methyl sites for hydroxylation is 2. The summed E-state index contributed by atoms with van der Waals surface area (Å²) in [5.74, 6) is 0. The number of rotatable bonds is 3. The monoisotopic (exact) mass is 385 g/mol. The SMILES string of the molecule is Cc1nc2ccc(NC(=O)OCc3ccccc3)c(Br)c2nc1C. The molecule has 0 radical (unpaired) electrons. The van der Waals surface area contributed by atoms with Crippen molar-refractivity contribution in [3.05, 3.63) is 63.9 Å². The van der Waals surface area contributed by atoms with Crippen LogP contribution in [0.3, 0.4) is 0 Å². The van der Waals surface area contributed by atoms with Gasteiger partial charge >= 0.3 is 6.09 Å². The number of fused-ring (bicyclic) bond motifs is 1. The van der Waals surface area contributed by atoms with E-state index in [1.165, 1.54) is 0 Å². The number of carbonyl (C=O) groups excluding carboxylic acids is 1. The van der Waals surface area contributed by atoms with Crippen LogP contribution in [0.15, 0.2) is 46.9 Å². The highest BCUT2D eigenvalue weighted by Gasteiger charge is 2.12. The maximum Gasteiger partial charge on any atom is 0.411 e. The Balaban J connectivity index is 1.76. The molecule has 3 rings (SSSR count). The summed E-state index contributed by atoms with van der Waals surface area (Å²) in [5.41, 5.74) is 4.75. The Morgan fingerprint density at radius 3 is 2.54 bits per heavy atom. The van der Waals surface area contributed by atoms with E-state index in [1.807, 2.05) is 50.2 Å². The fourth-order valence-electron chi connectivity index (χ4n) is 2.23. The van der Waals surface area contributed by atoms with Crippen molar-refractivity contribution in [1.82, 2.24) is 9.97 Å². The number of amides is 1. The Kier molecular flexibility index (Phi) is 4.76. The zero-order valence-electron chi connectivity index (χ0n) is 13.3. The molecule has 1 aromatic heterocycles. The molecule has 0 unspecified atom stereocenters. The predicted octanol–water partition coefficient (Wildman–Crippen LogP) is 4.76. The average Bonchev–Trinajstić information content (AvgIpc) is 2.58. The van der Waals surface area contributed by atoms with E-state index in [1.54, 1.807) is 6.07 Å². The van der Waals surface area contributed by atoms with Crippen molar-refractivity contribution in [2.24, 2.45) is 0 Å². The van der Waals surface area contributed by atoms with Gasteiger partial charge in [-0.3, -0.25) is 5.32 Å². The second-order valence-electron chi connectivity index (χ2n) is 5.38. The summed E-state index contributed by atoms with van der Waals surface area (Å²) in [6.07, 6.45) is -0.518. The number of ether oxygens (including phenoxy) is 1. The van der Waals surface area contributed by atoms with Gasteiger partial charge in [0, 0.05) is 0 Å². The second-order valence-corrected chi connectivity index (χ2v) is 6.17. The number of aromatic nitrogens is 2. The summed E-state index contributed by atoms with van der Waals surface area (Å²) in [6.45, 7) is 4.04. The fraction of sp³-hybridized carbons (Fsp3) is 0.167. The van der Waals surface area contributed by atoms with Gasteiger partial charge in [-0.25, -0.2) is 14.8 Å². The van der Waals surface area contributed by atoms with Crippen molar-refractivity contribution in [2.75, 3.05) is 5.32 Å². The molecular weight excluding hydrogens is 370 g/mol. The van der Waals surface area contributed by atoms with Gasteiger partial charge in [0.05, 0.1) is 27.1 Å². The molecule has 0 spiro atoms. The molecular formula is C18H16BrN3O2. The van der Waals surface area contributed by atoms with E-state index in [-0.39, 0.29) is 6.61 Å². The van der Waals surface area contributed by atoms with Crippen molar-refractivity contribution >= 4 is 38.7 Å². The molecule has 1 N–H and O–H groups in total. The van der Waals surface area contributed by atoms with Crippen molar-refractivity contribution in [3.63, 3.8) is 0 Å². The molecule has 0 aliphatic heterocycles. The van der Waals surface area contributed by atoms with Gasteiger partial charge in [0.25, 0.3) is 0 Å². The van der Waals surface area contributed by atoms with Gasteiger partial charge < -0.3 is 4.74 Å². The van der Waals surface area contributed by atoms with Crippen LogP contribution in [0.25, 0.3) is 11.0 Å². The molecule has 0 saturated heterocycles. The fourth-order valence-corrected chi connectivity index (χ4v) is 2.75. The highest BCUT2D eigenvalue weighted by Crippen LogP contribution is 2.30. The van der Waals surface area contributed by atoms with Gasteiger partial charge in [-0.05, 0) is 47.5 Å². The molecule has 0 aliphatic rings. The van der Waals surface area contributed by atoms with Crippen molar-refractivity contribution in [2.45, 2.75) is 20.5 Å². The summed E-state index contributed by atoms with van der Waals surface area (Å²) in [5, 5.41) is 2.73. The van der Waals surface area contributed by atoms with Crippen LogP contribution < -0.4 is 5.32 Å². The molecule has 0 bridgehead atoms. The number of halogens is 1. The van der Waals surface area contributed by atoms with Gasteiger partial charge in [-0.1, -0.05) is 30.3 Å². The van der Waals surface area contributed by atoms with Crippen LogP contribution in [-0.4, -0.2) is 16.1 Å². The molecule has 122 valence electrons. The minimum atomic E-state index is -0.518. The lowest BCUT2D eigenvalue weighted by Crippen LogP contribution is -2.14. The quantitative estimate of drug-likeness (QED) is 0.705. The molecule has 0 fully saturated rings. The number of hydrogen-bond acceptors (Lipinski definition) is 4. The van der Waals surface area contributed by atoms with Crippen LogP contribution in [0, 0.1) is 13.8 Å². The lowest BCUT2D eigenvalue weighted by Gasteiger charge is -2.11. The van der Waals surface area contributed by atoms with Crippen LogP contribution in [0.4, 0.5) is 10.5 Å². The Morgan fingerprint density at radius 2 is 1.79 bits per heavy atom. The smallest absolute Gasteiger partial charge is 0.411 e. The van der Waals surface area contributed by atoms with E-state index in [4.69, 9.17) is 4.74 Å². The van der Waals surface area contributed by atoms with Crippen LogP contribution in [0.1, 0.15) is 17.0 Å². The molecule has 24 heavy (non-hydrogen) atoms. The summed E-state index contributed by atoms with van der Waals surface area (Å²) >= 11 is 3.49. The normalized spacial score (nSPS) is 10.6. The average molecular weight is 386 g/mol. The Bertz CT molecular complexity index is 898. The third kappa shape index (κ3) is 3.54. The van der Waals surface area contributed by atoms with Crippen LogP contribution in [0.5, 0.6) is 0 Å². The van der Waals surface area contributed by atoms with E-state index >= 15 is 0 Å². The molecule has 0 saturated carbocycles. The lowest BCUT2D eigenvalue weighted by molar-refractivity contribution is 0.155. The minimum absolute atomic E-state index is 0.218. The molecule has 0 atom stereocenters. The highest BCUT2D eigenvalue weighted by atomic mass is 79.9. The van der Waals surface area contributed by atoms with Crippen molar-refractivity contribution < 1.29 is 9.53 Å². The summed E-state index contributed by atoms with van der Waals surface area (Å²) in [6, 6.07) is 13.1. The van der Waals surface area contributed by atoms with E-state index in [9.17, 15) is 4.79 Å². The molecule has 3 aromatic rings. The van der Waals surface area contributed by atoms with Gasteiger partial charge in [0.1, 0.15) is 12.1 Å². The first-order valence-corrected chi connectivity index (χ1v) is 8.25. The molecule has 1 amide bonds. The first-order chi connectivity index (χ1) is 11.5. The Labute approximate surface area is 148 Å². The molecule has 2 aromatic carbocycles. The number of carbonyl (C=O) groups is 1. The van der Waals surface area contributed by atoms with Crippen molar-refractivity contribution in [1.29, 1.82) is 0 Å². The summed E-state index contributed by atoms with van der Waals surface area (Å²) in [7, 11) is 0. The zero-order valence-corrected chi connectivity index (χ0v) is 14.9. The van der Waals surface area contributed by atoms with Crippen molar-refractivity contribution in [3.8, 4) is 0 Å². The van der Waals surface area contributed by atoms with E-state index in [2.05, 4.69) is 31.2 Å².